The number of nitrogens with zero attached hydrogens (tertiary/aromatic N) is 2. The normalized spacial score (nSPS) is 11.4. The van der Waals surface area contributed by atoms with Crippen LogP contribution in [0.1, 0.15) is 38.6 Å². The van der Waals surface area contributed by atoms with E-state index in [4.69, 9.17) is 0 Å². The van der Waals surface area contributed by atoms with Gasteiger partial charge in [0, 0.05) is 29.1 Å². The molecule has 0 spiro atoms. The van der Waals surface area contributed by atoms with Gasteiger partial charge in [-0.3, -0.25) is 4.79 Å². The zero-order valence-electron chi connectivity index (χ0n) is 11.7. The number of aryl methyl sites for hydroxylation is 2. The smallest absolute Gasteiger partial charge is 0.221 e. The number of nitrogens with one attached hydrogen (secondary N) is 1. The van der Waals surface area contributed by atoms with Crippen molar-refractivity contribution < 1.29 is 4.79 Å². The molecule has 0 aromatic carbocycles. The molecule has 100 valence electrons. The molecule has 0 saturated heterocycles. The molecule has 1 heterocycles. The molecule has 1 N–H and O–H groups in total. The molecule has 1 rings (SSSR count). The molecule has 0 radical (unpaired) electrons. The first-order valence-electron chi connectivity index (χ1n) is 6.02. The molecule has 0 bridgehead atoms. The number of amides is 1. The Bertz CT molecular complexity index is 406. The minimum absolute atomic E-state index is 0.0689. The van der Waals surface area contributed by atoms with Crippen molar-refractivity contribution >= 4 is 17.7 Å². The zero-order valence-corrected chi connectivity index (χ0v) is 12.5. The maximum Gasteiger partial charge on any atom is 0.221 e. The second-order valence-electron chi connectivity index (χ2n) is 5.33. The Labute approximate surface area is 113 Å². The highest BCUT2D eigenvalue weighted by atomic mass is 32.2. The first-order chi connectivity index (χ1) is 8.26. The molecule has 1 aromatic heterocycles. The average Bonchev–Trinajstić information content (AvgIpc) is 2.12. The van der Waals surface area contributed by atoms with Crippen molar-refractivity contribution in [2.24, 2.45) is 0 Å². The van der Waals surface area contributed by atoms with Crippen LogP contribution in [0, 0.1) is 13.8 Å². The minimum atomic E-state index is -0.168. The summed E-state index contributed by atoms with van der Waals surface area (Å²) in [6.45, 7) is 9.83. The van der Waals surface area contributed by atoms with Gasteiger partial charge >= 0.3 is 0 Å². The third kappa shape index (κ3) is 6.00. The van der Waals surface area contributed by atoms with Crippen LogP contribution >= 0.6 is 11.8 Å². The number of hydrogen-bond donors (Lipinski definition) is 1. The van der Waals surface area contributed by atoms with Crippen LogP contribution in [-0.2, 0) is 4.79 Å². The van der Waals surface area contributed by atoms with Crippen LogP contribution in [0.25, 0.3) is 0 Å². The lowest BCUT2D eigenvalue weighted by atomic mass is 10.1. The molecular formula is C13H21N3OS. The van der Waals surface area contributed by atoms with Crippen molar-refractivity contribution in [1.29, 1.82) is 0 Å². The summed E-state index contributed by atoms with van der Waals surface area (Å²) in [6.07, 6.45) is 0.484. The van der Waals surface area contributed by atoms with Gasteiger partial charge in [-0.15, -0.1) is 0 Å². The Balaban J connectivity index is 2.40. The van der Waals surface area contributed by atoms with Crippen molar-refractivity contribution in [2.75, 3.05) is 5.75 Å². The van der Waals surface area contributed by atoms with E-state index >= 15 is 0 Å². The predicted octanol–water partition coefficient (Wildman–Crippen LogP) is 2.49. The second-order valence-corrected chi connectivity index (χ2v) is 6.39. The topological polar surface area (TPSA) is 54.9 Å². The molecule has 1 aromatic rings. The van der Waals surface area contributed by atoms with Crippen molar-refractivity contribution in [2.45, 2.75) is 51.7 Å². The van der Waals surface area contributed by atoms with E-state index in [9.17, 15) is 4.79 Å². The largest absolute Gasteiger partial charge is 0.351 e. The van der Waals surface area contributed by atoms with E-state index in [0.29, 0.717) is 12.2 Å². The fourth-order valence-corrected chi connectivity index (χ4v) is 2.36. The van der Waals surface area contributed by atoms with Gasteiger partial charge < -0.3 is 5.32 Å². The van der Waals surface area contributed by atoms with Gasteiger partial charge in [0.25, 0.3) is 0 Å². The first kappa shape index (κ1) is 15.0. The van der Waals surface area contributed by atoms with Crippen molar-refractivity contribution in [3.63, 3.8) is 0 Å². The number of carbonyl (C=O) groups excluding carboxylic acids is 1. The number of rotatable bonds is 4. The van der Waals surface area contributed by atoms with E-state index in [1.807, 2.05) is 40.7 Å². The van der Waals surface area contributed by atoms with Crippen LogP contribution in [0.5, 0.6) is 0 Å². The van der Waals surface area contributed by atoms with E-state index in [0.717, 1.165) is 16.5 Å². The molecule has 0 saturated carbocycles. The SMILES string of the molecule is Cc1cc(C)nc(SCCC(=O)NC(C)(C)C)n1. The molecule has 1 amide bonds. The minimum Gasteiger partial charge on any atom is -0.351 e. The summed E-state index contributed by atoms with van der Waals surface area (Å²) in [6, 6.07) is 1.94. The highest BCUT2D eigenvalue weighted by Gasteiger charge is 2.13. The predicted molar refractivity (Wildman–Crippen MR) is 74.7 cm³/mol. The Kier molecular flexibility index (Phi) is 5.14. The third-order valence-electron chi connectivity index (χ3n) is 2.04. The van der Waals surface area contributed by atoms with Gasteiger partial charge in [-0.05, 0) is 40.7 Å². The summed E-state index contributed by atoms with van der Waals surface area (Å²) >= 11 is 1.52. The van der Waals surface area contributed by atoms with Crippen molar-refractivity contribution in [3.8, 4) is 0 Å². The van der Waals surface area contributed by atoms with Gasteiger partial charge in [0.1, 0.15) is 0 Å². The Morgan fingerprint density at radius 2 is 1.83 bits per heavy atom. The van der Waals surface area contributed by atoms with Crippen LogP contribution in [-0.4, -0.2) is 27.2 Å². The molecular weight excluding hydrogens is 246 g/mol. The van der Waals surface area contributed by atoms with E-state index in [1.165, 1.54) is 11.8 Å². The summed E-state index contributed by atoms with van der Waals surface area (Å²) in [7, 11) is 0. The molecule has 0 aliphatic heterocycles. The first-order valence-corrected chi connectivity index (χ1v) is 7.01. The van der Waals surface area contributed by atoms with Gasteiger partial charge in [-0.2, -0.15) is 0 Å². The fraction of sp³-hybridized carbons (Fsp3) is 0.615. The maximum absolute atomic E-state index is 11.6. The lowest BCUT2D eigenvalue weighted by Crippen LogP contribution is -2.40. The fourth-order valence-electron chi connectivity index (χ4n) is 1.47. The Hall–Kier alpha value is -1.10. The second kappa shape index (κ2) is 6.18. The Morgan fingerprint density at radius 1 is 1.28 bits per heavy atom. The molecule has 0 aliphatic carbocycles. The number of carbonyl (C=O) groups is 1. The molecule has 0 aliphatic rings. The van der Waals surface area contributed by atoms with E-state index in [1.54, 1.807) is 0 Å². The highest BCUT2D eigenvalue weighted by molar-refractivity contribution is 7.99. The Morgan fingerprint density at radius 3 is 2.33 bits per heavy atom. The monoisotopic (exact) mass is 267 g/mol. The third-order valence-corrected chi connectivity index (χ3v) is 2.89. The summed E-state index contributed by atoms with van der Waals surface area (Å²) in [5.74, 6) is 0.768. The molecule has 0 unspecified atom stereocenters. The molecule has 4 nitrogen and oxygen atoms in total. The van der Waals surface area contributed by atoms with Crippen LogP contribution in [0.15, 0.2) is 11.2 Å². The van der Waals surface area contributed by atoms with E-state index in [2.05, 4.69) is 15.3 Å². The van der Waals surface area contributed by atoms with Gasteiger partial charge in [-0.1, -0.05) is 11.8 Å². The number of hydrogen-bond acceptors (Lipinski definition) is 4. The maximum atomic E-state index is 11.6. The van der Waals surface area contributed by atoms with Crippen molar-refractivity contribution in [1.82, 2.24) is 15.3 Å². The van der Waals surface area contributed by atoms with Gasteiger partial charge in [0.05, 0.1) is 0 Å². The molecule has 0 fully saturated rings. The summed E-state index contributed by atoms with van der Waals surface area (Å²) in [4.78, 5) is 20.3. The van der Waals surface area contributed by atoms with Crippen molar-refractivity contribution in [3.05, 3.63) is 17.5 Å². The van der Waals surface area contributed by atoms with Gasteiger partial charge in [0.2, 0.25) is 5.91 Å². The average molecular weight is 267 g/mol. The number of thioether (sulfide) groups is 1. The summed E-state index contributed by atoms with van der Waals surface area (Å²) in [5, 5.41) is 3.68. The highest BCUT2D eigenvalue weighted by Crippen LogP contribution is 2.15. The van der Waals surface area contributed by atoms with Gasteiger partial charge in [-0.25, -0.2) is 9.97 Å². The summed E-state index contributed by atoms with van der Waals surface area (Å²) < 4.78 is 0. The van der Waals surface area contributed by atoms with E-state index < -0.39 is 0 Å². The standard InChI is InChI=1S/C13H21N3OS/c1-9-8-10(2)15-12(14-9)18-7-6-11(17)16-13(3,4)5/h8H,6-7H2,1-5H3,(H,16,17). The number of aromatic nitrogens is 2. The quantitative estimate of drug-likeness (QED) is 0.672. The lowest BCUT2D eigenvalue weighted by Gasteiger charge is -2.20. The van der Waals surface area contributed by atoms with Crippen LogP contribution in [0.3, 0.4) is 0 Å². The van der Waals surface area contributed by atoms with E-state index in [-0.39, 0.29) is 11.4 Å². The molecule has 18 heavy (non-hydrogen) atoms. The molecule has 0 atom stereocenters. The summed E-state index contributed by atoms with van der Waals surface area (Å²) in [5.41, 5.74) is 1.76. The zero-order chi connectivity index (χ0) is 13.8. The van der Waals surface area contributed by atoms with Crippen LogP contribution in [0.4, 0.5) is 0 Å². The lowest BCUT2D eigenvalue weighted by molar-refractivity contribution is -0.122. The van der Waals surface area contributed by atoms with Gasteiger partial charge in [0.15, 0.2) is 5.16 Å². The van der Waals surface area contributed by atoms with Crippen LogP contribution in [0.2, 0.25) is 0 Å². The van der Waals surface area contributed by atoms with Crippen LogP contribution < -0.4 is 5.32 Å². The molecule has 5 heteroatoms.